The summed E-state index contributed by atoms with van der Waals surface area (Å²) in [5.74, 6) is -0.0362. The number of rotatable bonds is 1. The molecule has 3 N–H and O–H groups in total. The Kier molecular flexibility index (Phi) is 2.21. The fourth-order valence-corrected chi connectivity index (χ4v) is 1.34. The van der Waals surface area contributed by atoms with Crippen LogP contribution in [0, 0.1) is 6.92 Å². The van der Waals surface area contributed by atoms with Crippen LogP contribution in [0.3, 0.4) is 0 Å². The lowest BCUT2D eigenvalue weighted by molar-refractivity contribution is 0.318. The van der Waals surface area contributed by atoms with Crippen molar-refractivity contribution in [3.8, 4) is 0 Å². The number of aromatic nitrogens is 2. The quantitative estimate of drug-likeness (QED) is 0.313. The zero-order valence-electron chi connectivity index (χ0n) is 8.18. The zero-order chi connectivity index (χ0) is 10.8. The number of amidine groups is 1. The summed E-state index contributed by atoms with van der Waals surface area (Å²) >= 11 is 0. The van der Waals surface area contributed by atoms with Crippen LogP contribution in [0.4, 0.5) is 0 Å². The first-order valence-electron chi connectivity index (χ1n) is 4.42. The number of oxime groups is 1. The minimum absolute atomic E-state index is 0.0362. The van der Waals surface area contributed by atoms with Crippen molar-refractivity contribution in [2.24, 2.45) is 10.9 Å². The molecular formula is C10H10N4O. The standard InChI is InChI=1S/C10H10N4O/c1-6-2-3-8-7(4-6)5-9(13-12-8)10(11)14-15/h2-5,15H,1H3,(H2,11,14). The molecule has 0 aliphatic rings. The lowest BCUT2D eigenvalue weighted by Crippen LogP contribution is -2.15. The van der Waals surface area contributed by atoms with Crippen LogP contribution in [-0.4, -0.2) is 21.2 Å². The van der Waals surface area contributed by atoms with Crippen LogP contribution in [0.2, 0.25) is 0 Å². The zero-order valence-corrected chi connectivity index (χ0v) is 8.18. The minimum Gasteiger partial charge on any atom is -0.409 e. The van der Waals surface area contributed by atoms with Gasteiger partial charge in [0.15, 0.2) is 5.84 Å². The van der Waals surface area contributed by atoms with Crippen LogP contribution in [0.25, 0.3) is 10.9 Å². The highest BCUT2D eigenvalue weighted by atomic mass is 16.4. The lowest BCUT2D eigenvalue weighted by atomic mass is 10.1. The molecule has 76 valence electrons. The molecule has 1 aromatic heterocycles. The summed E-state index contributed by atoms with van der Waals surface area (Å²) < 4.78 is 0. The summed E-state index contributed by atoms with van der Waals surface area (Å²) in [5, 5.41) is 20.1. The lowest BCUT2D eigenvalue weighted by Gasteiger charge is -2.00. The molecule has 2 aromatic rings. The number of hydrogen-bond donors (Lipinski definition) is 2. The van der Waals surface area contributed by atoms with E-state index < -0.39 is 0 Å². The molecule has 0 aliphatic heterocycles. The van der Waals surface area contributed by atoms with Crippen molar-refractivity contribution in [2.45, 2.75) is 6.92 Å². The Morgan fingerprint density at radius 3 is 2.87 bits per heavy atom. The second-order valence-corrected chi connectivity index (χ2v) is 3.28. The van der Waals surface area contributed by atoms with E-state index in [1.807, 2.05) is 25.1 Å². The number of fused-ring (bicyclic) bond motifs is 1. The van der Waals surface area contributed by atoms with E-state index in [4.69, 9.17) is 10.9 Å². The van der Waals surface area contributed by atoms with Gasteiger partial charge in [-0.1, -0.05) is 16.8 Å². The first-order valence-corrected chi connectivity index (χ1v) is 4.42. The third kappa shape index (κ3) is 1.71. The van der Waals surface area contributed by atoms with Gasteiger partial charge in [0.2, 0.25) is 0 Å². The van der Waals surface area contributed by atoms with Gasteiger partial charge in [-0.3, -0.25) is 0 Å². The van der Waals surface area contributed by atoms with E-state index in [1.165, 1.54) is 0 Å². The Balaban J connectivity index is 2.64. The number of aryl methyl sites for hydroxylation is 1. The highest BCUT2D eigenvalue weighted by Gasteiger charge is 2.03. The van der Waals surface area contributed by atoms with Gasteiger partial charge in [-0.05, 0) is 25.1 Å². The monoisotopic (exact) mass is 202 g/mol. The average Bonchev–Trinajstić information content (AvgIpc) is 2.27. The summed E-state index contributed by atoms with van der Waals surface area (Å²) in [5.41, 5.74) is 7.70. The van der Waals surface area contributed by atoms with Gasteiger partial charge < -0.3 is 10.9 Å². The van der Waals surface area contributed by atoms with Gasteiger partial charge in [-0.2, -0.15) is 0 Å². The molecule has 0 aliphatic carbocycles. The smallest absolute Gasteiger partial charge is 0.190 e. The molecule has 1 heterocycles. The maximum absolute atomic E-state index is 8.51. The van der Waals surface area contributed by atoms with E-state index in [-0.39, 0.29) is 5.84 Å². The van der Waals surface area contributed by atoms with Gasteiger partial charge in [0.25, 0.3) is 0 Å². The Morgan fingerprint density at radius 2 is 2.13 bits per heavy atom. The second-order valence-electron chi connectivity index (χ2n) is 3.28. The molecule has 0 radical (unpaired) electrons. The van der Waals surface area contributed by atoms with Crippen molar-refractivity contribution in [2.75, 3.05) is 0 Å². The van der Waals surface area contributed by atoms with Crippen molar-refractivity contribution < 1.29 is 5.21 Å². The third-order valence-electron chi connectivity index (χ3n) is 2.11. The van der Waals surface area contributed by atoms with Crippen LogP contribution >= 0.6 is 0 Å². The van der Waals surface area contributed by atoms with Gasteiger partial charge in [0.1, 0.15) is 5.69 Å². The first kappa shape index (κ1) is 9.39. The molecule has 0 fully saturated rings. The summed E-state index contributed by atoms with van der Waals surface area (Å²) in [6, 6.07) is 7.55. The predicted molar refractivity (Wildman–Crippen MR) is 56.8 cm³/mol. The van der Waals surface area contributed by atoms with E-state index in [9.17, 15) is 0 Å². The van der Waals surface area contributed by atoms with Gasteiger partial charge in [0, 0.05) is 5.39 Å². The van der Waals surface area contributed by atoms with Crippen LogP contribution in [-0.2, 0) is 0 Å². The maximum Gasteiger partial charge on any atom is 0.190 e. The van der Waals surface area contributed by atoms with Crippen molar-refractivity contribution in [3.63, 3.8) is 0 Å². The van der Waals surface area contributed by atoms with Gasteiger partial charge in [-0.15, -0.1) is 10.2 Å². The van der Waals surface area contributed by atoms with E-state index >= 15 is 0 Å². The molecule has 2 rings (SSSR count). The molecule has 0 amide bonds. The highest BCUT2D eigenvalue weighted by Crippen LogP contribution is 2.13. The summed E-state index contributed by atoms with van der Waals surface area (Å²) in [4.78, 5) is 0. The Hall–Kier alpha value is -2.17. The molecular weight excluding hydrogens is 192 g/mol. The summed E-state index contributed by atoms with van der Waals surface area (Å²) in [6.45, 7) is 1.99. The number of nitrogens with zero attached hydrogens (tertiary/aromatic N) is 3. The number of benzene rings is 1. The van der Waals surface area contributed by atoms with E-state index in [0.29, 0.717) is 5.69 Å². The Morgan fingerprint density at radius 1 is 1.33 bits per heavy atom. The molecule has 0 spiro atoms. The van der Waals surface area contributed by atoms with Crippen molar-refractivity contribution in [1.29, 1.82) is 0 Å². The molecule has 0 unspecified atom stereocenters. The Labute approximate surface area is 86.2 Å². The molecule has 0 saturated heterocycles. The van der Waals surface area contributed by atoms with E-state index in [2.05, 4.69) is 15.4 Å². The average molecular weight is 202 g/mol. The van der Waals surface area contributed by atoms with Crippen LogP contribution in [0.1, 0.15) is 11.3 Å². The van der Waals surface area contributed by atoms with Gasteiger partial charge in [-0.25, -0.2) is 0 Å². The van der Waals surface area contributed by atoms with Crippen LogP contribution in [0.5, 0.6) is 0 Å². The van der Waals surface area contributed by atoms with Crippen LogP contribution < -0.4 is 5.73 Å². The number of hydrogen-bond acceptors (Lipinski definition) is 4. The molecule has 5 heteroatoms. The fourth-order valence-electron chi connectivity index (χ4n) is 1.34. The SMILES string of the molecule is Cc1ccc2nnc(/C(N)=N\O)cc2c1. The van der Waals surface area contributed by atoms with Crippen molar-refractivity contribution in [1.82, 2.24) is 10.2 Å². The van der Waals surface area contributed by atoms with Crippen LogP contribution in [0.15, 0.2) is 29.4 Å². The highest BCUT2D eigenvalue weighted by molar-refractivity contribution is 5.97. The third-order valence-corrected chi connectivity index (χ3v) is 2.11. The van der Waals surface area contributed by atoms with E-state index in [0.717, 1.165) is 16.5 Å². The number of nitrogens with two attached hydrogens (primary N) is 1. The summed E-state index contributed by atoms with van der Waals surface area (Å²) in [6.07, 6.45) is 0. The second kappa shape index (κ2) is 3.53. The molecule has 0 bridgehead atoms. The van der Waals surface area contributed by atoms with Gasteiger partial charge >= 0.3 is 0 Å². The molecule has 0 saturated carbocycles. The largest absolute Gasteiger partial charge is 0.409 e. The molecule has 5 nitrogen and oxygen atoms in total. The first-order chi connectivity index (χ1) is 7.20. The summed E-state index contributed by atoms with van der Waals surface area (Å²) in [7, 11) is 0. The molecule has 15 heavy (non-hydrogen) atoms. The fraction of sp³-hybridized carbons (Fsp3) is 0.100. The minimum atomic E-state index is -0.0362. The van der Waals surface area contributed by atoms with Crippen molar-refractivity contribution >= 4 is 16.7 Å². The van der Waals surface area contributed by atoms with Crippen molar-refractivity contribution in [3.05, 3.63) is 35.5 Å². The topological polar surface area (TPSA) is 84.4 Å². The predicted octanol–water partition coefficient (Wildman–Crippen LogP) is 1.03. The molecule has 1 aromatic carbocycles. The molecule has 0 atom stereocenters. The maximum atomic E-state index is 8.51. The van der Waals surface area contributed by atoms with Gasteiger partial charge in [0.05, 0.1) is 5.52 Å². The van der Waals surface area contributed by atoms with E-state index in [1.54, 1.807) is 6.07 Å². The Bertz CT molecular complexity index is 536. The normalized spacial score (nSPS) is 11.9.